The highest BCUT2D eigenvalue weighted by Gasteiger charge is 2.11. The maximum absolute atomic E-state index is 12.0. The third-order valence-corrected chi connectivity index (χ3v) is 4.05. The lowest BCUT2D eigenvalue weighted by atomic mass is 9.98. The molecule has 2 aromatic carbocycles. The molecule has 0 unspecified atom stereocenters. The van der Waals surface area contributed by atoms with Crippen LogP contribution < -0.4 is 0 Å². The molecule has 1 N–H and O–H groups in total. The lowest BCUT2D eigenvalue weighted by Gasteiger charge is -2.09. The summed E-state index contributed by atoms with van der Waals surface area (Å²) in [6, 6.07) is 12.8. The molecular formula is C19H17NO3. The molecule has 1 heterocycles. The molecule has 0 spiro atoms. The molecule has 1 aromatic heterocycles. The van der Waals surface area contributed by atoms with Gasteiger partial charge in [-0.15, -0.1) is 0 Å². The first-order chi connectivity index (χ1) is 11.0. The SMILES string of the molecule is CCC(=O)n1ccc2cc(-c3ccc(C(=O)O)cc3)c(C)cc21. The highest BCUT2D eigenvalue weighted by atomic mass is 16.4. The van der Waals surface area contributed by atoms with Crippen LogP contribution in [-0.2, 0) is 0 Å². The van der Waals surface area contributed by atoms with Gasteiger partial charge in [0.15, 0.2) is 0 Å². The number of rotatable bonds is 3. The van der Waals surface area contributed by atoms with Gasteiger partial charge in [0.2, 0.25) is 5.91 Å². The van der Waals surface area contributed by atoms with Gasteiger partial charge in [0, 0.05) is 18.0 Å². The van der Waals surface area contributed by atoms with E-state index in [0.29, 0.717) is 6.42 Å². The standard InChI is InChI=1S/C19H17NO3/c1-3-18(21)20-9-8-15-11-16(12(2)10-17(15)20)13-4-6-14(7-5-13)19(22)23/h4-11H,3H2,1-2H3,(H,22,23). The fourth-order valence-corrected chi connectivity index (χ4v) is 2.78. The summed E-state index contributed by atoms with van der Waals surface area (Å²) in [4.78, 5) is 22.9. The summed E-state index contributed by atoms with van der Waals surface area (Å²) in [5.74, 6) is -0.864. The average molecular weight is 307 g/mol. The molecule has 116 valence electrons. The van der Waals surface area contributed by atoms with E-state index >= 15 is 0 Å². The number of aromatic nitrogens is 1. The summed E-state index contributed by atoms with van der Waals surface area (Å²) in [6.45, 7) is 3.84. The van der Waals surface area contributed by atoms with Gasteiger partial charge in [-0.2, -0.15) is 0 Å². The monoisotopic (exact) mass is 307 g/mol. The van der Waals surface area contributed by atoms with Crippen LogP contribution >= 0.6 is 0 Å². The van der Waals surface area contributed by atoms with Crippen LogP contribution in [0.25, 0.3) is 22.0 Å². The minimum atomic E-state index is -0.932. The van der Waals surface area contributed by atoms with Crippen molar-refractivity contribution < 1.29 is 14.7 Å². The zero-order valence-corrected chi connectivity index (χ0v) is 13.0. The number of benzene rings is 2. The normalized spacial score (nSPS) is 10.9. The molecule has 0 radical (unpaired) electrons. The van der Waals surface area contributed by atoms with Crippen molar-refractivity contribution in [2.75, 3.05) is 0 Å². The predicted octanol–water partition coefficient (Wildman–Crippen LogP) is 4.37. The second kappa shape index (κ2) is 5.72. The van der Waals surface area contributed by atoms with Crippen LogP contribution in [0.4, 0.5) is 0 Å². The van der Waals surface area contributed by atoms with Crippen molar-refractivity contribution in [2.45, 2.75) is 20.3 Å². The van der Waals surface area contributed by atoms with E-state index in [0.717, 1.165) is 27.6 Å². The molecule has 0 amide bonds. The van der Waals surface area contributed by atoms with E-state index in [2.05, 4.69) is 0 Å². The van der Waals surface area contributed by atoms with Gasteiger partial charge in [-0.05, 0) is 53.9 Å². The first-order valence-corrected chi connectivity index (χ1v) is 7.50. The summed E-state index contributed by atoms with van der Waals surface area (Å²) < 4.78 is 1.68. The van der Waals surface area contributed by atoms with Crippen LogP contribution in [0.2, 0.25) is 0 Å². The second-order valence-electron chi connectivity index (χ2n) is 5.54. The van der Waals surface area contributed by atoms with Gasteiger partial charge in [0.1, 0.15) is 0 Å². The number of fused-ring (bicyclic) bond motifs is 1. The van der Waals surface area contributed by atoms with Gasteiger partial charge >= 0.3 is 5.97 Å². The van der Waals surface area contributed by atoms with Crippen LogP contribution in [0.5, 0.6) is 0 Å². The molecular weight excluding hydrogens is 290 g/mol. The first kappa shape index (κ1) is 15.0. The van der Waals surface area contributed by atoms with Gasteiger partial charge < -0.3 is 5.11 Å². The first-order valence-electron chi connectivity index (χ1n) is 7.50. The Labute approximate surface area is 134 Å². The second-order valence-corrected chi connectivity index (χ2v) is 5.54. The lowest BCUT2D eigenvalue weighted by molar-refractivity contribution is 0.0696. The molecule has 3 aromatic rings. The van der Waals surface area contributed by atoms with Crippen LogP contribution in [-0.4, -0.2) is 21.6 Å². The quantitative estimate of drug-likeness (QED) is 0.782. The third-order valence-electron chi connectivity index (χ3n) is 4.05. The van der Waals surface area contributed by atoms with E-state index < -0.39 is 5.97 Å². The number of aryl methyl sites for hydroxylation is 1. The Morgan fingerprint density at radius 1 is 1.09 bits per heavy atom. The van der Waals surface area contributed by atoms with Crippen LogP contribution in [0, 0.1) is 6.92 Å². The molecule has 0 saturated heterocycles. The van der Waals surface area contributed by atoms with Crippen molar-refractivity contribution in [3.05, 3.63) is 59.8 Å². The smallest absolute Gasteiger partial charge is 0.335 e. The molecule has 0 atom stereocenters. The van der Waals surface area contributed by atoms with Crippen molar-refractivity contribution in [2.24, 2.45) is 0 Å². The number of carboxylic acids is 1. The van der Waals surface area contributed by atoms with Crippen molar-refractivity contribution >= 4 is 22.8 Å². The predicted molar refractivity (Wildman–Crippen MR) is 90.0 cm³/mol. The summed E-state index contributed by atoms with van der Waals surface area (Å²) in [7, 11) is 0. The van der Waals surface area contributed by atoms with Gasteiger partial charge in [-0.3, -0.25) is 9.36 Å². The number of nitrogens with zero attached hydrogens (tertiary/aromatic N) is 1. The largest absolute Gasteiger partial charge is 0.478 e. The minimum absolute atomic E-state index is 0.0676. The van der Waals surface area contributed by atoms with E-state index in [9.17, 15) is 9.59 Å². The molecule has 0 aliphatic carbocycles. The molecule has 3 rings (SSSR count). The average Bonchev–Trinajstić information content (AvgIpc) is 2.96. The fourth-order valence-electron chi connectivity index (χ4n) is 2.78. The number of aromatic carboxylic acids is 1. The van der Waals surface area contributed by atoms with Gasteiger partial charge in [-0.1, -0.05) is 19.1 Å². The zero-order chi connectivity index (χ0) is 16.6. The maximum atomic E-state index is 12.0. The summed E-state index contributed by atoms with van der Waals surface area (Å²) in [6.07, 6.45) is 2.26. The van der Waals surface area contributed by atoms with Gasteiger partial charge in [-0.25, -0.2) is 4.79 Å². The van der Waals surface area contributed by atoms with E-state index in [1.54, 1.807) is 22.9 Å². The number of carbonyl (C=O) groups excluding carboxylic acids is 1. The molecule has 0 fully saturated rings. The summed E-state index contributed by atoms with van der Waals surface area (Å²) in [5.41, 5.74) is 4.22. The highest BCUT2D eigenvalue weighted by Crippen LogP contribution is 2.29. The number of hydrogen-bond donors (Lipinski definition) is 1. The lowest BCUT2D eigenvalue weighted by Crippen LogP contribution is -2.06. The van der Waals surface area contributed by atoms with Crippen molar-refractivity contribution in [3.8, 4) is 11.1 Å². The Bertz CT molecular complexity index is 904. The highest BCUT2D eigenvalue weighted by molar-refractivity contribution is 5.95. The Morgan fingerprint density at radius 3 is 2.39 bits per heavy atom. The maximum Gasteiger partial charge on any atom is 0.335 e. The molecule has 23 heavy (non-hydrogen) atoms. The molecule has 4 nitrogen and oxygen atoms in total. The molecule has 0 aliphatic heterocycles. The third kappa shape index (κ3) is 2.63. The minimum Gasteiger partial charge on any atom is -0.478 e. The number of carboxylic acid groups (broad SMARTS) is 1. The Balaban J connectivity index is 2.10. The summed E-state index contributed by atoms with van der Waals surface area (Å²) >= 11 is 0. The van der Waals surface area contributed by atoms with Crippen molar-refractivity contribution in [1.82, 2.24) is 4.57 Å². The van der Waals surface area contributed by atoms with E-state index in [4.69, 9.17) is 5.11 Å². The van der Waals surface area contributed by atoms with Crippen molar-refractivity contribution in [3.63, 3.8) is 0 Å². The Kier molecular flexibility index (Phi) is 3.74. The fraction of sp³-hybridized carbons (Fsp3) is 0.158. The number of carbonyl (C=O) groups is 2. The van der Waals surface area contributed by atoms with E-state index in [-0.39, 0.29) is 11.5 Å². The summed E-state index contributed by atoms with van der Waals surface area (Å²) in [5, 5.41) is 9.98. The topological polar surface area (TPSA) is 59.3 Å². The molecule has 0 bridgehead atoms. The van der Waals surface area contributed by atoms with Crippen LogP contribution in [0.3, 0.4) is 0 Å². The van der Waals surface area contributed by atoms with E-state index in [1.807, 2.05) is 44.2 Å². The zero-order valence-electron chi connectivity index (χ0n) is 13.0. The van der Waals surface area contributed by atoms with Crippen molar-refractivity contribution in [1.29, 1.82) is 0 Å². The van der Waals surface area contributed by atoms with E-state index in [1.165, 1.54) is 0 Å². The Morgan fingerprint density at radius 2 is 1.78 bits per heavy atom. The van der Waals surface area contributed by atoms with Gasteiger partial charge in [0.25, 0.3) is 0 Å². The van der Waals surface area contributed by atoms with Crippen LogP contribution in [0.15, 0.2) is 48.7 Å². The van der Waals surface area contributed by atoms with Crippen LogP contribution in [0.1, 0.15) is 34.1 Å². The Hall–Kier alpha value is -2.88. The molecule has 4 heteroatoms. The molecule has 0 saturated carbocycles. The number of hydrogen-bond acceptors (Lipinski definition) is 2. The molecule has 0 aliphatic rings. The van der Waals surface area contributed by atoms with Gasteiger partial charge in [0.05, 0.1) is 11.1 Å².